The first kappa shape index (κ1) is 12.9. The summed E-state index contributed by atoms with van der Waals surface area (Å²) in [5.74, 6) is -1.36. The van der Waals surface area contributed by atoms with E-state index in [0.717, 1.165) is 6.20 Å². The van der Waals surface area contributed by atoms with Crippen molar-refractivity contribution in [1.29, 1.82) is 0 Å². The highest BCUT2D eigenvalue weighted by atomic mass is 16.4. The van der Waals surface area contributed by atoms with E-state index in [4.69, 9.17) is 10.8 Å². The van der Waals surface area contributed by atoms with Crippen LogP contribution >= 0.6 is 0 Å². The number of hydrogen-bond acceptors (Lipinski definition) is 5. The monoisotopic (exact) mass is 238 g/mol. The first-order valence-electron chi connectivity index (χ1n) is 5.02. The number of carboxylic acids is 1. The van der Waals surface area contributed by atoms with Crippen LogP contribution in [0.25, 0.3) is 0 Å². The summed E-state index contributed by atoms with van der Waals surface area (Å²) in [5.41, 5.74) is 4.95. The highest BCUT2D eigenvalue weighted by molar-refractivity contribution is 5.85. The van der Waals surface area contributed by atoms with Crippen LogP contribution in [0.15, 0.2) is 12.4 Å². The molecule has 0 aliphatic carbocycles. The van der Waals surface area contributed by atoms with Crippen molar-refractivity contribution in [1.82, 2.24) is 9.97 Å². The van der Waals surface area contributed by atoms with Gasteiger partial charge in [0.05, 0.1) is 18.9 Å². The van der Waals surface area contributed by atoms with E-state index in [-0.39, 0.29) is 18.3 Å². The molecule has 1 heterocycles. The smallest absolute Gasteiger partial charge is 0.356 e. The molecule has 0 saturated heterocycles. The molecule has 7 heteroatoms. The van der Waals surface area contributed by atoms with E-state index in [1.54, 1.807) is 4.90 Å². The molecule has 0 radical (unpaired) electrons. The van der Waals surface area contributed by atoms with Crippen molar-refractivity contribution in [3.8, 4) is 0 Å². The topological polar surface area (TPSA) is 109 Å². The van der Waals surface area contributed by atoms with E-state index in [2.05, 4.69) is 9.97 Å². The molecule has 92 valence electrons. The van der Waals surface area contributed by atoms with Gasteiger partial charge in [-0.1, -0.05) is 0 Å². The van der Waals surface area contributed by atoms with Gasteiger partial charge in [0.15, 0.2) is 5.69 Å². The van der Waals surface area contributed by atoms with E-state index in [1.807, 2.05) is 13.8 Å². The maximum atomic E-state index is 10.9. The minimum Gasteiger partial charge on any atom is -0.476 e. The first-order chi connectivity index (χ1) is 7.91. The van der Waals surface area contributed by atoms with E-state index in [1.165, 1.54) is 6.20 Å². The predicted molar refractivity (Wildman–Crippen MR) is 60.7 cm³/mol. The van der Waals surface area contributed by atoms with E-state index >= 15 is 0 Å². The van der Waals surface area contributed by atoms with Gasteiger partial charge in [0.25, 0.3) is 0 Å². The first-order valence-corrected chi connectivity index (χ1v) is 5.02. The number of rotatable bonds is 5. The number of carbonyl (C=O) groups excluding carboxylic acids is 1. The highest BCUT2D eigenvalue weighted by Crippen LogP contribution is 2.12. The van der Waals surface area contributed by atoms with Gasteiger partial charge in [0, 0.05) is 6.04 Å². The number of aromatic nitrogens is 2. The Bertz CT molecular complexity index is 433. The van der Waals surface area contributed by atoms with Crippen LogP contribution in [0.3, 0.4) is 0 Å². The van der Waals surface area contributed by atoms with Crippen molar-refractivity contribution in [2.24, 2.45) is 5.73 Å². The molecule has 1 amide bonds. The molecule has 17 heavy (non-hydrogen) atoms. The Balaban J connectivity index is 3.05. The van der Waals surface area contributed by atoms with Gasteiger partial charge in [0.1, 0.15) is 5.82 Å². The summed E-state index contributed by atoms with van der Waals surface area (Å²) in [5, 5.41) is 8.80. The third-order valence-corrected chi connectivity index (χ3v) is 2.08. The van der Waals surface area contributed by atoms with Gasteiger partial charge in [-0.05, 0) is 13.8 Å². The van der Waals surface area contributed by atoms with Gasteiger partial charge in [0.2, 0.25) is 5.91 Å². The minimum absolute atomic E-state index is 0.0323. The summed E-state index contributed by atoms with van der Waals surface area (Å²) in [4.78, 5) is 30.9. The number of anilines is 1. The molecular formula is C10H14N4O3. The van der Waals surface area contributed by atoms with Gasteiger partial charge in [-0.25, -0.2) is 9.78 Å². The van der Waals surface area contributed by atoms with Gasteiger partial charge >= 0.3 is 5.97 Å². The zero-order valence-corrected chi connectivity index (χ0v) is 9.62. The number of primary amides is 1. The summed E-state index contributed by atoms with van der Waals surface area (Å²) in [6.45, 7) is 3.66. The normalized spacial score (nSPS) is 10.3. The fourth-order valence-electron chi connectivity index (χ4n) is 1.29. The molecule has 1 aromatic heterocycles. The number of carbonyl (C=O) groups is 2. The lowest BCUT2D eigenvalue weighted by molar-refractivity contribution is -0.116. The van der Waals surface area contributed by atoms with Crippen LogP contribution in [-0.4, -0.2) is 39.5 Å². The Morgan fingerprint density at radius 2 is 2.12 bits per heavy atom. The highest BCUT2D eigenvalue weighted by Gasteiger charge is 2.16. The lowest BCUT2D eigenvalue weighted by atomic mass is 10.3. The quantitative estimate of drug-likeness (QED) is 0.739. The molecule has 0 aliphatic rings. The zero-order valence-electron chi connectivity index (χ0n) is 9.62. The zero-order chi connectivity index (χ0) is 13.0. The minimum atomic E-state index is -1.16. The van der Waals surface area contributed by atoms with E-state index in [9.17, 15) is 9.59 Å². The van der Waals surface area contributed by atoms with Crippen molar-refractivity contribution in [3.05, 3.63) is 18.1 Å². The molecular weight excluding hydrogens is 224 g/mol. The fourth-order valence-corrected chi connectivity index (χ4v) is 1.29. The molecule has 0 spiro atoms. The van der Waals surface area contributed by atoms with E-state index < -0.39 is 11.9 Å². The number of nitrogens with zero attached hydrogens (tertiary/aromatic N) is 3. The molecule has 1 aromatic rings. The average molecular weight is 238 g/mol. The van der Waals surface area contributed by atoms with Crippen molar-refractivity contribution in [2.75, 3.05) is 11.4 Å². The summed E-state index contributed by atoms with van der Waals surface area (Å²) in [6, 6.07) is -0.0409. The number of amides is 1. The molecule has 7 nitrogen and oxygen atoms in total. The summed E-state index contributed by atoms with van der Waals surface area (Å²) in [7, 11) is 0. The number of carboxylic acid groups (broad SMARTS) is 1. The lowest BCUT2D eigenvalue weighted by Crippen LogP contribution is -2.39. The Hall–Kier alpha value is -2.18. The van der Waals surface area contributed by atoms with Gasteiger partial charge in [-0.2, -0.15) is 0 Å². The Morgan fingerprint density at radius 1 is 1.47 bits per heavy atom. The van der Waals surface area contributed by atoms with Crippen LogP contribution in [0.5, 0.6) is 0 Å². The van der Waals surface area contributed by atoms with Crippen molar-refractivity contribution >= 4 is 17.7 Å². The second-order valence-electron chi connectivity index (χ2n) is 3.76. The van der Waals surface area contributed by atoms with Crippen LogP contribution in [0.1, 0.15) is 24.3 Å². The average Bonchev–Trinajstić information content (AvgIpc) is 2.25. The van der Waals surface area contributed by atoms with Gasteiger partial charge in [-0.15, -0.1) is 0 Å². The second-order valence-corrected chi connectivity index (χ2v) is 3.76. The van der Waals surface area contributed by atoms with Crippen LogP contribution < -0.4 is 10.6 Å². The molecule has 0 aromatic carbocycles. The predicted octanol–water partition coefficient (Wildman–Crippen LogP) is -0.125. The molecule has 0 saturated carbocycles. The van der Waals surface area contributed by atoms with Crippen molar-refractivity contribution < 1.29 is 14.7 Å². The molecule has 0 unspecified atom stereocenters. The van der Waals surface area contributed by atoms with Crippen molar-refractivity contribution in [3.63, 3.8) is 0 Å². The molecule has 0 fully saturated rings. The number of hydrogen-bond donors (Lipinski definition) is 2. The summed E-state index contributed by atoms with van der Waals surface area (Å²) in [6.07, 6.45) is 2.55. The maximum Gasteiger partial charge on any atom is 0.356 e. The van der Waals surface area contributed by atoms with Crippen molar-refractivity contribution in [2.45, 2.75) is 19.9 Å². The third-order valence-electron chi connectivity index (χ3n) is 2.08. The molecule has 0 bridgehead atoms. The molecule has 0 aliphatic heterocycles. The summed E-state index contributed by atoms with van der Waals surface area (Å²) >= 11 is 0. The number of aromatic carboxylic acids is 1. The summed E-state index contributed by atoms with van der Waals surface area (Å²) < 4.78 is 0. The number of nitrogens with two attached hydrogens (primary N) is 1. The fraction of sp³-hybridized carbons (Fsp3) is 0.400. The maximum absolute atomic E-state index is 10.9. The van der Waals surface area contributed by atoms with E-state index in [0.29, 0.717) is 5.82 Å². The van der Waals surface area contributed by atoms with Gasteiger partial charge in [-0.3, -0.25) is 9.78 Å². The third kappa shape index (κ3) is 3.40. The van der Waals surface area contributed by atoms with Crippen LogP contribution in [0.4, 0.5) is 5.82 Å². The van der Waals surface area contributed by atoms with Crippen LogP contribution in [0, 0.1) is 0 Å². The standard InChI is InChI=1S/C10H14N4O3/c1-6(2)14(5-8(11)15)9-4-12-3-7(13-9)10(16)17/h3-4,6H,5H2,1-2H3,(H2,11,15)(H,16,17). The Morgan fingerprint density at radius 3 is 2.59 bits per heavy atom. The van der Waals surface area contributed by atoms with Crippen LogP contribution in [0.2, 0.25) is 0 Å². The molecule has 1 rings (SSSR count). The van der Waals surface area contributed by atoms with Crippen LogP contribution in [-0.2, 0) is 4.79 Å². The molecule has 3 N–H and O–H groups in total. The Kier molecular flexibility index (Phi) is 3.97. The SMILES string of the molecule is CC(C)N(CC(N)=O)c1cncc(C(=O)O)n1. The lowest BCUT2D eigenvalue weighted by Gasteiger charge is -2.26. The Labute approximate surface area is 98.3 Å². The van der Waals surface area contributed by atoms with Gasteiger partial charge < -0.3 is 15.7 Å². The molecule has 0 atom stereocenters. The largest absolute Gasteiger partial charge is 0.476 e. The second kappa shape index (κ2) is 5.24.